The lowest BCUT2D eigenvalue weighted by Crippen LogP contribution is -2.54. The monoisotopic (exact) mass is 978 g/mol. The number of imide groups is 1. The predicted octanol–water partition coefficient (Wildman–Crippen LogP) is 5.04. The number of fused-ring (bicyclic) bond motifs is 4. The van der Waals surface area contributed by atoms with E-state index in [0.717, 1.165) is 15.8 Å². The van der Waals surface area contributed by atoms with Crippen LogP contribution in [-0.2, 0) is 24.0 Å². The Morgan fingerprint density at radius 2 is 1.53 bits per heavy atom. The molecule has 0 aliphatic carbocycles. The van der Waals surface area contributed by atoms with Gasteiger partial charge in [-0.1, -0.05) is 38.1 Å². The molecule has 9 amide bonds. The molecule has 2 heterocycles. The number of anilines is 3. The molecule has 370 valence electrons. The Hall–Kier alpha value is -7.51. The van der Waals surface area contributed by atoms with E-state index in [1.54, 1.807) is 47.4 Å². The van der Waals surface area contributed by atoms with Gasteiger partial charge in [0, 0.05) is 104 Å². The minimum atomic E-state index is -1.03. The Kier molecular flexibility index (Phi) is 17.5. The summed E-state index contributed by atoms with van der Waals surface area (Å²) in [7, 11) is 0. The highest BCUT2D eigenvalue weighted by molar-refractivity contribution is 6.19. The number of nitrogens with one attached hydrogen (secondary N) is 7. The van der Waals surface area contributed by atoms with Gasteiger partial charge in [0.05, 0.1) is 11.7 Å². The van der Waals surface area contributed by atoms with E-state index in [4.69, 9.17) is 17.3 Å². The molecule has 0 unspecified atom stereocenters. The summed E-state index contributed by atoms with van der Waals surface area (Å²) in [5.74, 6) is -2.76. The molecule has 1 aliphatic rings. The summed E-state index contributed by atoms with van der Waals surface area (Å²) in [6.07, 6.45) is 0.848. The Labute approximate surface area is 409 Å². The molecule has 0 saturated heterocycles. The highest BCUT2D eigenvalue weighted by Crippen LogP contribution is 2.45. The van der Waals surface area contributed by atoms with Crippen molar-refractivity contribution < 1.29 is 43.5 Å². The summed E-state index contributed by atoms with van der Waals surface area (Å²) in [6, 6.07) is 19.7. The topological polar surface area (TPSA) is 277 Å². The van der Waals surface area contributed by atoms with Crippen LogP contribution >= 0.6 is 11.6 Å². The van der Waals surface area contributed by atoms with Crippen LogP contribution in [0, 0.1) is 5.92 Å². The number of rotatable bonds is 21. The quantitative estimate of drug-likeness (QED) is 0.0349. The van der Waals surface area contributed by atoms with Crippen LogP contribution in [0.3, 0.4) is 0 Å². The van der Waals surface area contributed by atoms with Crippen molar-refractivity contribution in [3.63, 3.8) is 0 Å². The molecule has 3 atom stereocenters. The van der Waals surface area contributed by atoms with Gasteiger partial charge < -0.3 is 52.6 Å². The standard InChI is InChI=1S/C50H59ClN10O9/c1-28(2)45(54-21-20-53-43(65)12-8-22-60(29(3)62)30(4)63)48(68)59-39(11-7-19-55-50(52)70)47(67)56-34-15-13-31(14-16-34)46(66)57-35-17-18-38-32(23-35)24-40(58-38)49(69)61-27-33(26-51)44-37-10-6-5-9-36(37)42(64)25-41(44)61/h5-6,9-10,13-18,23-25,28,33,39,45,54,58,64H,7-8,11-12,19-22,26-27H2,1-4H3,(H,53,65)(H,56,67)(H,57,66)(H,59,68)(H3,52,55,70)/t33-,39+,45+/m1/s1. The Morgan fingerprint density at radius 1 is 0.829 bits per heavy atom. The predicted molar refractivity (Wildman–Crippen MR) is 268 cm³/mol. The summed E-state index contributed by atoms with van der Waals surface area (Å²) in [6.45, 7) is 7.28. The SMILES string of the molecule is CC(=O)N(CCCC(=O)NCCN[C@H](C(=O)N[C@@H](CCCNC(N)=O)C(=O)Nc1ccc(C(=O)Nc2ccc3[nH]c(C(=O)N4C[C@@H](CCl)c5c4cc(O)c4ccccc54)cc3c2)cc1)C(C)C)C(C)=O. The smallest absolute Gasteiger partial charge is 0.312 e. The second-order valence-electron chi connectivity index (χ2n) is 17.5. The number of alkyl halides is 1. The first-order chi connectivity index (χ1) is 33.4. The zero-order valence-electron chi connectivity index (χ0n) is 39.4. The lowest BCUT2D eigenvalue weighted by Gasteiger charge is -2.25. The minimum absolute atomic E-state index is 0.0720. The third kappa shape index (κ3) is 13.0. The number of aromatic amines is 1. The number of benzene rings is 4. The normalized spacial score (nSPS) is 13.9. The lowest BCUT2D eigenvalue weighted by atomic mass is 9.95. The highest BCUT2D eigenvalue weighted by Gasteiger charge is 2.35. The van der Waals surface area contributed by atoms with E-state index in [9.17, 15) is 43.5 Å². The van der Waals surface area contributed by atoms with E-state index < -0.39 is 47.7 Å². The second-order valence-corrected chi connectivity index (χ2v) is 17.8. The van der Waals surface area contributed by atoms with Crippen molar-refractivity contribution in [3.05, 3.63) is 95.7 Å². The van der Waals surface area contributed by atoms with E-state index in [0.29, 0.717) is 64.3 Å². The van der Waals surface area contributed by atoms with Gasteiger partial charge in [0.1, 0.15) is 17.5 Å². The van der Waals surface area contributed by atoms with Crippen molar-refractivity contribution in [2.75, 3.05) is 54.1 Å². The molecule has 0 saturated carbocycles. The Balaban J connectivity index is 1.04. The third-order valence-electron chi connectivity index (χ3n) is 12.0. The molecule has 19 nitrogen and oxygen atoms in total. The van der Waals surface area contributed by atoms with E-state index in [1.807, 2.05) is 38.1 Å². The maximum absolute atomic E-state index is 14.0. The number of aromatic nitrogens is 1. The molecule has 70 heavy (non-hydrogen) atoms. The van der Waals surface area contributed by atoms with Gasteiger partial charge in [-0.25, -0.2) is 4.79 Å². The average molecular weight is 980 g/mol. The van der Waals surface area contributed by atoms with E-state index in [-0.39, 0.29) is 74.0 Å². The Morgan fingerprint density at radius 3 is 2.20 bits per heavy atom. The van der Waals surface area contributed by atoms with Gasteiger partial charge >= 0.3 is 6.03 Å². The van der Waals surface area contributed by atoms with Gasteiger partial charge in [-0.2, -0.15) is 0 Å². The second kappa shape index (κ2) is 23.7. The first-order valence-electron chi connectivity index (χ1n) is 23.1. The van der Waals surface area contributed by atoms with Crippen LogP contribution in [0.2, 0.25) is 0 Å². The molecule has 1 aromatic heterocycles. The zero-order valence-corrected chi connectivity index (χ0v) is 40.2. The fourth-order valence-electron chi connectivity index (χ4n) is 8.49. The number of urea groups is 1. The molecule has 4 aromatic carbocycles. The van der Waals surface area contributed by atoms with Crippen LogP contribution in [0.4, 0.5) is 21.9 Å². The first kappa shape index (κ1) is 51.9. The number of phenolic OH excluding ortho intramolecular Hbond substituents is 1. The average Bonchev–Trinajstić information content (AvgIpc) is 3.92. The van der Waals surface area contributed by atoms with Crippen LogP contribution in [-0.4, -0.2) is 113 Å². The molecule has 0 fully saturated rings. The van der Waals surface area contributed by atoms with Crippen molar-refractivity contribution in [2.24, 2.45) is 11.7 Å². The molecule has 0 spiro atoms. The number of halogens is 1. The van der Waals surface area contributed by atoms with Gasteiger partial charge in [-0.3, -0.25) is 38.5 Å². The van der Waals surface area contributed by atoms with Crippen LogP contribution in [0.25, 0.3) is 21.7 Å². The number of carbonyl (C=O) groups excluding carboxylic acids is 8. The van der Waals surface area contributed by atoms with Crippen LogP contribution in [0.1, 0.15) is 85.7 Å². The van der Waals surface area contributed by atoms with Crippen molar-refractivity contribution in [2.45, 2.75) is 71.4 Å². The van der Waals surface area contributed by atoms with Crippen LogP contribution in [0.5, 0.6) is 5.75 Å². The third-order valence-corrected chi connectivity index (χ3v) is 12.4. The molecule has 6 rings (SSSR count). The van der Waals surface area contributed by atoms with E-state index >= 15 is 0 Å². The van der Waals surface area contributed by atoms with Gasteiger partial charge in [0.25, 0.3) is 11.8 Å². The maximum Gasteiger partial charge on any atom is 0.312 e. The number of phenols is 1. The molecule has 10 N–H and O–H groups in total. The summed E-state index contributed by atoms with van der Waals surface area (Å²) >= 11 is 6.39. The number of primary amides is 1. The number of carbonyl (C=O) groups is 8. The lowest BCUT2D eigenvalue weighted by molar-refractivity contribution is -0.142. The molecule has 0 radical (unpaired) electrons. The van der Waals surface area contributed by atoms with Crippen molar-refractivity contribution >= 4 is 97.7 Å². The van der Waals surface area contributed by atoms with E-state index in [1.165, 1.54) is 26.0 Å². The van der Waals surface area contributed by atoms with Crippen molar-refractivity contribution in [1.29, 1.82) is 0 Å². The van der Waals surface area contributed by atoms with Crippen LogP contribution < -0.4 is 42.5 Å². The van der Waals surface area contributed by atoms with E-state index in [2.05, 4.69) is 36.9 Å². The summed E-state index contributed by atoms with van der Waals surface area (Å²) in [4.78, 5) is 107. The number of amides is 9. The molecule has 20 heteroatoms. The molecule has 1 aliphatic heterocycles. The minimum Gasteiger partial charge on any atom is -0.507 e. The fourth-order valence-corrected chi connectivity index (χ4v) is 8.74. The zero-order chi connectivity index (χ0) is 50.6. The fraction of sp³-hybridized carbons (Fsp3) is 0.360. The number of hydrogen-bond donors (Lipinski definition) is 9. The largest absolute Gasteiger partial charge is 0.507 e. The van der Waals surface area contributed by atoms with Crippen molar-refractivity contribution in [1.82, 2.24) is 31.2 Å². The summed E-state index contributed by atoms with van der Waals surface area (Å²) in [5.41, 5.74) is 8.85. The van der Waals surface area contributed by atoms with Gasteiger partial charge in [-0.05, 0) is 84.7 Å². The maximum atomic E-state index is 14.0. The number of hydrogen-bond acceptors (Lipinski definition) is 10. The van der Waals surface area contributed by atoms with Gasteiger partial charge in [0.2, 0.25) is 29.5 Å². The summed E-state index contributed by atoms with van der Waals surface area (Å²) < 4.78 is 0. The number of nitrogens with two attached hydrogens (primary N) is 1. The van der Waals surface area contributed by atoms with Crippen LogP contribution in [0.15, 0.2) is 78.9 Å². The number of nitrogens with zero attached hydrogens (tertiary/aromatic N) is 2. The molecular formula is C50H59ClN10O9. The highest BCUT2D eigenvalue weighted by atomic mass is 35.5. The number of H-pyrrole nitrogens is 1. The van der Waals surface area contributed by atoms with Gasteiger partial charge in [0.15, 0.2) is 0 Å². The first-order valence-corrected chi connectivity index (χ1v) is 23.6. The Bertz CT molecular complexity index is 2760. The summed E-state index contributed by atoms with van der Waals surface area (Å²) in [5, 5.41) is 29.9. The molecular weight excluding hydrogens is 920 g/mol. The van der Waals surface area contributed by atoms with Gasteiger partial charge in [-0.15, -0.1) is 11.6 Å². The number of aromatic hydroxyl groups is 1. The molecule has 5 aromatic rings. The van der Waals surface area contributed by atoms with Crippen molar-refractivity contribution in [3.8, 4) is 5.75 Å². The molecule has 0 bridgehead atoms.